The Balaban J connectivity index is 1.61. The maximum Gasteiger partial charge on any atom is 0.173 e. The quantitative estimate of drug-likeness (QED) is 0.230. The third-order valence-electron chi connectivity index (χ3n) is 6.01. The van der Waals surface area contributed by atoms with E-state index in [0.29, 0.717) is 39.7 Å². The van der Waals surface area contributed by atoms with Gasteiger partial charge in [-0.15, -0.1) is 19.8 Å². The molecular formula is C26H24N10O3. The van der Waals surface area contributed by atoms with Crippen molar-refractivity contribution < 1.29 is 14.9 Å². The van der Waals surface area contributed by atoms with Crippen LogP contribution < -0.4 is 4.74 Å². The second-order valence-electron chi connectivity index (χ2n) is 8.56. The van der Waals surface area contributed by atoms with Crippen LogP contribution >= 0.6 is 0 Å². The van der Waals surface area contributed by atoms with Crippen LogP contribution in [0.1, 0.15) is 45.4 Å². The Morgan fingerprint density at radius 3 is 1.64 bits per heavy atom. The summed E-state index contributed by atoms with van der Waals surface area (Å²) in [6.07, 6.45) is 3.18. The standard InChI is InChI=1S/C26H24N10O3/c1-16-29-31-33-35(16)27-14-18-4-10-24(37)22(12-18)26(20-6-8-21(39-3)9-7-20)23-13-19(5-11-25(23)38)15-28-36-17(2)30-32-34-36/h4-15,26,37-38H,1-3H3/b27-14+,28-15+. The minimum absolute atomic E-state index is 0.0503. The van der Waals surface area contributed by atoms with Gasteiger partial charge in [-0.1, -0.05) is 12.1 Å². The number of aryl methyl sites for hydroxylation is 2. The van der Waals surface area contributed by atoms with Gasteiger partial charge in [0.2, 0.25) is 0 Å². The molecule has 13 nitrogen and oxygen atoms in total. The molecule has 0 unspecified atom stereocenters. The Morgan fingerprint density at radius 1 is 0.744 bits per heavy atom. The van der Waals surface area contributed by atoms with Crippen molar-refractivity contribution in [2.45, 2.75) is 19.8 Å². The Kier molecular flexibility index (Phi) is 7.03. The summed E-state index contributed by atoms with van der Waals surface area (Å²) in [6.45, 7) is 3.47. The van der Waals surface area contributed by atoms with Crippen LogP contribution in [0.25, 0.3) is 0 Å². The fourth-order valence-electron chi connectivity index (χ4n) is 4.00. The number of nitrogens with zero attached hydrogens (tertiary/aromatic N) is 10. The SMILES string of the molecule is COc1ccc(C(c2cc(/C=N/n3nnnc3C)ccc2O)c2cc(/C=N/n3nnnc3C)ccc2O)cc1. The van der Waals surface area contributed by atoms with Gasteiger partial charge in [0.15, 0.2) is 11.6 Å². The second-order valence-corrected chi connectivity index (χ2v) is 8.56. The van der Waals surface area contributed by atoms with E-state index < -0.39 is 5.92 Å². The van der Waals surface area contributed by atoms with E-state index in [2.05, 4.69) is 41.3 Å². The van der Waals surface area contributed by atoms with Crippen molar-refractivity contribution >= 4 is 12.4 Å². The summed E-state index contributed by atoms with van der Waals surface area (Å²) in [5.74, 6) is 1.29. The summed E-state index contributed by atoms with van der Waals surface area (Å²) in [6, 6.07) is 17.7. The van der Waals surface area contributed by atoms with Gasteiger partial charge < -0.3 is 14.9 Å². The molecule has 0 saturated carbocycles. The van der Waals surface area contributed by atoms with Crippen LogP contribution in [0.3, 0.4) is 0 Å². The molecular weight excluding hydrogens is 500 g/mol. The molecule has 0 fully saturated rings. The third-order valence-corrected chi connectivity index (χ3v) is 6.01. The molecule has 0 bridgehead atoms. The largest absolute Gasteiger partial charge is 0.508 e. The number of benzene rings is 3. The van der Waals surface area contributed by atoms with Crippen LogP contribution in [0.5, 0.6) is 17.2 Å². The van der Waals surface area contributed by atoms with Gasteiger partial charge in [-0.2, -0.15) is 10.2 Å². The predicted molar refractivity (Wildman–Crippen MR) is 141 cm³/mol. The first-order valence-electron chi connectivity index (χ1n) is 11.8. The van der Waals surface area contributed by atoms with Crippen molar-refractivity contribution in [3.05, 3.63) is 100 Å². The smallest absolute Gasteiger partial charge is 0.173 e. The molecule has 0 atom stereocenters. The number of tetrazole rings is 2. The van der Waals surface area contributed by atoms with Crippen molar-refractivity contribution in [1.29, 1.82) is 0 Å². The monoisotopic (exact) mass is 524 g/mol. The highest BCUT2D eigenvalue weighted by Crippen LogP contribution is 2.41. The van der Waals surface area contributed by atoms with Crippen molar-refractivity contribution in [2.24, 2.45) is 10.2 Å². The van der Waals surface area contributed by atoms with Crippen LogP contribution in [-0.2, 0) is 0 Å². The Morgan fingerprint density at radius 2 is 1.23 bits per heavy atom. The van der Waals surface area contributed by atoms with E-state index in [1.807, 2.05) is 24.3 Å². The van der Waals surface area contributed by atoms with Gasteiger partial charge in [-0.25, -0.2) is 0 Å². The van der Waals surface area contributed by atoms with Crippen LogP contribution in [-0.4, -0.2) is 70.4 Å². The first kappa shape index (κ1) is 25.2. The zero-order valence-corrected chi connectivity index (χ0v) is 21.3. The number of methoxy groups -OCH3 is 1. The summed E-state index contributed by atoms with van der Waals surface area (Å²) in [7, 11) is 1.59. The van der Waals surface area contributed by atoms with Gasteiger partial charge in [0.25, 0.3) is 0 Å². The molecule has 39 heavy (non-hydrogen) atoms. The zero-order chi connectivity index (χ0) is 27.4. The predicted octanol–water partition coefficient (Wildman–Crippen LogP) is 2.64. The van der Waals surface area contributed by atoms with Gasteiger partial charge in [0, 0.05) is 17.0 Å². The minimum Gasteiger partial charge on any atom is -0.508 e. The van der Waals surface area contributed by atoms with Crippen LogP contribution in [0, 0.1) is 13.8 Å². The average molecular weight is 525 g/mol. The first-order valence-corrected chi connectivity index (χ1v) is 11.8. The van der Waals surface area contributed by atoms with Crippen LogP contribution in [0.15, 0.2) is 70.9 Å². The maximum absolute atomic E-state index is 11.0. The number of rotatable bonds is 8. The molecule has 0 spiro atoms. The first-order chi connectivity index (χ1) is 18.9. The Hall–Kier alpha value is -5.46. The lowest BCUT2D eigenvalue weighted by atomic mass is 9.83. The lowest BCUT2D eigenvalue weighted by Crippen LogP contribution is -2.06. The van der Waals surface area contributed by atoms with Crippen molar-refractivity contribution in [1.82, 2.24) is 40.6 Å². The number of phenols is 2. The summed E-state index contributed by atoms with van der Waals surface area (Å²) >= 11 is 0. The minimum atomic E-state index is -0.554. The molecule has 196 valence electrons. The van der Waals surface area contributed by atoms with E-state index in [1.165, 1.54) is 9.58 Å². The van der Waals surface area contributed by atoms with E-state index in [-0.39, 0.29) is 11.5 Å². The number of hydrogen-bond acceptors (Lipinski definition) is 11. The van der Waals surface area contributed by atoms with Gasteiger partial charge in [0.05, 0.1) is 19.5 Å². The van der Waals surface area contributed by atoms with Crippen LogP contribution in [0.2, 0.25) is 0 Å². The van der Waals surface area contributed by atoms with Crippen molar-refractivity contribution in [3.63, 3.8) is 0 Å². The maximum atomic E-state index is 11.0. The van der Waals surface area contributed by atoms with E-state index >= 15 is 0 Å². The third kappa shape index (κ3) is 5.46. The van der Waals surface area contributed by atoms with E-state index in [0.717, 1.165) is 5.56 Å². The molecule has 0 aliphatic carbocycles. The lowest BCUT2D eigenvalue weighted by Gasteiger charge is -2.22. The topological polar surface area (TPSA) is 162 Å². The molecule has 5 aromatic rings. The van der Waals surface area contributed by atoms with Crippen LogP contribution in [0.4, 0.5) is 0 Å². The van der Waals surface area contributed by atoms with Crippen molar-refractivity contribution in [2.75, 3.05) is 7.11 Å². The molecule has 0 amide bonds. The highest BCUT2D eigenvalue weighted by molar-refractivity contribution is 5.82. The fourth-order valence-corrected chi connectivity index (χ4v) is 4.00. The summed E-state index contributed by atoms with van der Waals surface area (Å²) in [5, 5.41) is 53.1. The highest BCUT2D eigenvalue weighted by atomic mass is 16.5. The molecule has 0 aliphatic rings. The Labute approximate surface area is 222 Å². The molecule has 2 aromatic heterocycles. The molecule has 0 saturated heterocycles. The zero-order valence-electron chi connectivity index (χ0n) is 21.3. The van der Waals surface area contributed by atoms with Gasteiger partial charge >= 0.3 is 0 Å². The molecule has 3 aromatic carbocycles. The molecule has 2 N–H and O–H groups in total. The molecule has 0 aliphatic heterocycles. The summed E-state index contributed by atoms with van der Waals surface area (Å²) < 4.78 is 5.33. The van der Waals surface area contributed by atoms with E-state index in [1.54, 1.807) is 69.8 Å². The number of phenolic OH excluding ortho intramolecular Hbond substituents is 2. The normalized spacial score (nSPS) is 11.7. The number of ether oxygens (including phenoxy) is 1. The molecule has 0 radical (unpaired) electrons. The Bertz CT molecular complexity index is 1560. The van der Waals surface area contributed by atoms with E-state index in [4.69, 9.17) is 4.74 Å². The lowest BCUT2D eigenvalue weighted by molar-refractivity contribution is 0.414. The molecule has 13 heteroatoms. The average Bonchev–Trinajstić information content (AvgIpc) is 3.56. The number of aromatic nitrogens is 8. The highest BCUT2D eigenvalue weighted by Gasteiger charge is 2.24. The molecule has 5 rings (SSSR count). The van der Waals surface area contributed by atoms with Crippen molar-refractivity contribution in [3.8, 4) is 17.2 Å². The summed E-state index contributed by atoms with van der Waals surface area (Å²) in [4.78, 5) is 2.60. The molecule has 2 heterocycles. The number of hydrogen-bond donors (Lipinski definition) is 2. The van der Waals surface area contributed by atoms with E-state index in [9.17, 15) is 10.2 Å². The second kappa shape index (κ2) is 10.9. The summed E-state index contributed by atoms with van der Waals surface area (Å²) in [5.41, 5.74) is 3.32. The van der Waals surface area contributed by atoms with Gasteiger partial charge in [-0.3, -0.25) is 0 Å². The van der Waals surface area contributed by atoms with Gasteiger partial charge in [-0.05, 0) is 99.9 Å². The number of aromatic hydroxyl groups is 2. The fraction of sp³-hybridized carbons (Fsp3) is 0.154. The van der Waals surface area contributed by atoms with Gasteiger partial charge in [0.1, 0.15) is 17.2 Å².